The fourth-order valence-corrected chi connectivity index (χ4v) is 2.04. The minimum absolute atomic E-state index is 0.116. The molecule has 1 atom stereocenters. The first-order chi connectivity index (χ1) is 8.81. The van der Waals surface area contributed by atoms with Gasteiger partial charge in [0, 0.05) is 11.6 Å². The third kappa shape index (κ3) is 4.92. The molecule has 0 aromatic heterocycles. The van der Waals surface area contributed by atoms with Crippen molar-refractivity contribution in [2.45, 2.75) is 39.7 Å². The van der Waals surface area contributed by atoms with Crippen LogP contribution in [0.4, 0.5) is 5.69 Å². The van der Waals surface area contributed by atoms with Crippen molar-refractivity contribution in [2.75, 3.05) is 5.73 Å². The van der Waals surface area contributed by atoms with Crippen molar-refractivity contribution in [2.24, 2.45) is 5.92 Å². The summed E-state index contributed by atoms with van der Waals surface area (Å²) in [6, 6.07) is 3.19. The third-order valence-corrected chi connectivity index (χ3v) is 3.69. The molecule has 0 aliphatic carbocycles. The van der Waals surface area contributed by atoms with Crippen molar-refractivity contribution in [1.82, 2.24) is 5.32 Å². The van der Waals surface area contributed by atoms with Gasteiger partial charge in [0.25, 0.3) is 5.91 Å². The summed E-state index contributed by atoms with van der Waals surface area (Å²) >= 11 is 11.8. The van der Waals surface area contributed by atoms with E-state index in [0.717, 1.165) is 12.8 Å². The minimum atomic E-state index is -0.179. The number of benzene rings is 1. The second kappa shape index (κ2) is 7.01. The van der Waals surface area contributed by atoms with Crippen LogP contribution >= 0.6 is 23.2 Å². The van der Waals surface area contributed by atoms with Gasteiger partial charge in [0.2, 0.25) is 0 Å². The zero-order chi connectivity index (χ0) is 14.6. The average molecular weight is 303 g/mol. The van der Waals surface area contributed by atoms with E-state index in [-0.39, 0.29) is 17.0 Å². The van der Waals surface area contributed by atoms with Gasteiger partial charge in [-0.05, 0) is 37.8 Å². The van der Waals surface area contributed by atoms with Gasteiger partial charge in [0.1, 0.15) is 0 Å². The van der Waals surface area contributed by atoms with E-state index in [4.69, 9.17) is 28.9 Å². The highest BCUT2D eigenvalue weighted by molar-refractivity contribution is 6.43. The zero-order valence-corrected chi connectivity index (χ0v) is 13.0. The van der Waals surface area contributed by atoms with Gasteiger partial charge in [-0.3, -0.25) is 4.79 Å². The maximum atomic E-state index is 12.0. The minimum Gasteiger partial charge on any atom is -0.397 e. The van der Waals surface area contributed by atoms with Crippen molar-refractivity contribution >= 4 is 34.8 Å². The van der Waals surface area contributed by atoms with Crippen molar-refractivity contribution in [3.8, 4) is 0 Å². The van der Waals surface area contributed by atoms with Crippen molar-refractivity contribution in [1.29, 1.82) is 0 Å². The summed E-state index contributed by atoms with van der Waals surface area (Å²) in [6.45, 7) is 6.31. The number of amides is 1. The molecule has 19 heavy (non-hydrogen) atoms. The summed E-state index contributed by atoms with van der Waals surface area (Å²) < 4.78 is 0. The Labute approximate surface area is 124 Å². The Morgan fingerprint density at radius 2 is 1.89 bits per heavy atom. The van der Waals surface area contributed by atoms with E-state index in [1.807, 2.05) is 6.92 Å². The van der Waals surface area contributed by atoms with Gasteiger partial charge in [0.15, 0.2) is 0 Å². The molecule has 1 rings (SSSR count). The maximum Gasteiger partial charge on any atom is 0.251 e. The van der Waals surface area contributed by atoms with Crippen molar-refractivity contribution in [3.63, 3.8) is 0 Å². The summed E-state index contributed by atoms with van der Waals surface area (Å²) in [5.74, 6) is 0.446. The van der Waals surface area contributed by atoms with E-state index in [1.165, 1.54) is 6.07 Å². The quantitative estimate of drug-likeness (QED) is 0.804. The first kappa shape index (κ1) is 16.1. The van der Waals surface area contributed by atoms with Crippen LogP contribution in [0, 0.1) is 5.92 Å². The van der Waals surface area contributed by atoms with Gasteiger partial charge in [-0.2, -0.15) is 0 Å². The summed E-state index contributed by atoms with van der Waals surface area (Å²) in [5, 5.41) is 3.51. The van der Waals surface area contributed by atoms with Crippen LogP contribution in [0.25, 0.3) is 0 Å². The Kier molecular flexibility index (Phi) is 5.95. The Hall–Kier alpha value is -0.930. The van der Waals surface area contributed by atoms with E-state index >= 15 is 0 Å². The highest BCUT2D eigenvalue weighted by atomic mass is 35.5. The molecule has 106 valence electrons. The molecule has 0 saturated heterocycles. The fraction of sp³-hybridized carbons (Fsp3) is 0.500. The molecule has 1 unspecified atom stereocenters. The Balaban J connectivity index is 2.68. The molecule has 1 aromatic carbocycles. The number of carbonyl (C=O) groups excluding carboxylic acids is 1. The summed E-state index contributed by atoms with van der Waals surface area (Å²) in [5.41, 5.74) is 6.44. The second-order valence-electron chi connectivity index (χ2n) is 5.21. The van der Waals surface area contributed by atoms with Crippen molar-refractivity contribution < 1.29 is 4.79 Å². The lowest BCUT2D eigenvalue weighted by Crippen LogP contribution is -2.32. The van der Waals surface area contributed by atoms with Gasteiger partial charge < -0.3 is 11.1 Å². The number of nitrogen functional groups attached to an aromatic ring is 1. The van der Waals surface area contributed by atoms with Crippen LogP contribution in [0.2, 0.25) is 10.0 Å². The molecular weight excluding hydrogens is 283 g/mol. The molecule has 0 bridgehead atoms. The Morgan fingerprint density at radius 3 is 2.42 bits per heavy atom. The largest absolute Gasteiger partial charge is 0.397 e. The summed E-state index contributed by atoms with van der Waals surface area (Å²) in [7, 11) is 0. The smallest absolute Gasteiger partial charge is 0.251 e. The fourth-order valence-electron chi connectivity index (χ4n) is 1.70. The van der Waals surface area contributed by atoms with Crippen LogP contribution in [0.5, 0.6) is 0 Å². The third-order valence-electron chi connectivity index (χ3n) is 2.87. The number of nitrogens with two attached hydrogens (primary N) is 1. The Morgan fingerprint density at radius 1 is 1.26 bits per heavy atom. The molecule has 1 aromatic rings. The van der Waals surface area contributed by atoms with Crippen LogP contribution in [0.3, 0.4) is 0 Å². The van der Waals surface area contributed by atoms with Crippen molar-refractivity contribution in [3.05, 3.63) is 27.7 Å². The molecule has 0 radical (unpaired) electrons. The zero-order valence-electron chi connectivity index (χ0n) is 11.5. The SMILES string of the molecule is CC(C)CCC(C)NC(=O)c1cc(N)c(Cl)c(Cl)c1. The van der Waals surface area contributed by atoms with Crippen LogP contribution in [-0.2, 0) is 0 Å². The molecule has 0 heterocycles. The average Bonchev–Trinajstić information content (AvgIpc) is 2.32. The van der Waals surface area contributed by atoms with Gasteiger partial charge in [-0.15, -0.1) is 0 Å². The topological polar surface area (TPSA) is 55.1 Å². The number of hydrogen-bond acceptors (Lipinski definition) is 2. The Bertz CT molecular complexity index is 438. The molecule has 0 saturated carbocycles. The first-order valence-corrected chi connectivity index (χ1v) is 7.12. The summed E-state index contributed by atoms with van der Waals surface area (Å²) in [6.07, 6.45) is 2.02. The van der Waals surface area contributed by atoms with Crippen LogP contribution in [0.15, 0.2) is 12.1 Å². The lowest BCUT2D eigenvalue weighted by molar-refractivity contribution is 0.0937. The van der Waals surface area contributed by atoms with E-state index in [2.05, 4.69) is 19.2 Å². The second-order valence-corrected chi connectivity index (χ2v) is 5.99. The molecule has 0 aliphatic rings. The molecule has 3 nitrogen and oxygen atoms in total. The maximum absolute atomic E-state index is 12.0. The van der Waals surface area contributed by atoms with E-state index in [9.17, 15) is 4.79 Å². The molecule has 1 amide bonds. The predicted molar refractivity (Wildman–Crippen MR) is 81.9 cm³/mol. The lowest BCUT2D eigenvalue weighted by atomic mass is 10.0. The van der Waals surface area contributed by atoms with Crippen LogP contribution < -0.4 is 11.1 Å². The standard InChI is InChI=1S/C14H20Cl2N2O/c1-8(2)4-5-9(3)18-14(19)10-6-11(15)13(16)12(17)7-10/h6-9H,4-5,17H2,1-3H3,(H,18,19). The van der Waals surface area contributed by atoms with Crippen LogP contribution in [0.1, 0.15) is 44.0 Å². The molecule has 5 heteroatoms. The highest BCUT2D eigenvalue weighted by Crippen LogP contribution is 2.29. The summed E-state index contributed by atoms with van der Waals surface area (Å²) in [4.78, 5) is 12.0. The molecular formula is C14H20Cl2N2O. The number of anilines is 1. The number of carbonyl (C=O) groups is 1. The molecule has 3 N–H and O–H groups in total. The number of hydrogen-bond donors (Lipinski definition) is 2. The van der Waals surface area contributed by atoms with Gasteiger partial charge in [-0.1, -0.05) is 37.0 Å². The van der Waals surface area contributed by atoms with Gasteiger partial charge >= 0.3 is 0 Å². The number of halogens is 2. The number of nitrogens with one attached hydrogen (secondary N) is 1. The molecule has 0 spiro atoms. The monoisotopic (exact) mass is 302 g/mol. The van der Waals surface area contributed by atoms with Gasteiger partial charge in [-0.25, -0.2) is 0 Å². The van der Waals surface area contributed by atoms with Gasteiger partial charge in [0.05, 0.1) is 15.7 Å². The highest BCUT2D eigenvalue weighted by Gasteiger charge is 2.13. The predicted octanol–water partition coefficient (Wildman–Crippen LogP) is 4.13. The lowest BCUT2D eigenvalue weighted by Gasteiger charge is -2.15. The van der Waals surface area contributed by atoms with E-state index in [0.29, 0.717) is 22.2 Å². The molecule has 0 aliphatic heterocycles. The van der Waals surface area contributed by atoms with Crippen LogP contribution in [-0.4, -0.2) is 11.9 Å². The number of rotatable bonds is 5. The molecule has 0 fully saturated rings. The first-order valence-electron chi connectivity index (χ1n) is 6.36. The normalized spacial score (nSPS) is 12.5. The van der Waals surface area contributed by atoms with E-state index in [1.54, 1.807) is 6.07 Å². The van der Waals surface area contributed by atoms with E-state index < -0.39 is 0 Å².